The molecule has 0 radical (unpaired) electrons. The molecule has 0 heterocycles. The molecule has 0 saturated carbocycles. The fraction of sp³-hybridized carbons (Fsp3) is 0. The normalized spacial score (nSPS) is 10.3. The summed E-state index contributed by atoms with van der Waals surface area (Å²) in [6.45, 7) is 0. The molecule has 0 saturated heterocycles. The van der Waals surface area contributed by atoms with Gasteiger partial charge in [-0.1, -0.05) is 109 Å². The number of rotatable bonds is 6. The van der Waals surface area contributed by atoms with Crippen LogP contribution >= 0.6 is 0 Å². The van der Waals surface area contributed by atoms with Gasteiger partial charge in [0.25, 0.3) is 0 Å². The van der Waals surface area contributed by atoms with Crippen LogP contribution in [-0.4, -0.2) is 12.6 Å². The maximum Gasteiger partial charge on any atom is 0.150 e. The van der Waals surface area contributed by atoms with E-state index in [2.05, 4.69) is 24.3 Å². The van der Waals surface area contributed by atoms with Crippen molar-refractivity contribution in [3.8, 4) is 0 Å². The van der Waals surface area contributed by atoms with Crippen LogP contribution in [-0.2, 0) is 0 Å². The highest BCUT2D eigenvalue weighted by atomic mass is 16.1. The molecule has 0 N–H and O–H groups in total. The second-order valence-electron chi connectivity index (χ2n) is 6.96. The molecule has 4 rings (SSSR count). The molecule has 0 amide bonds. The van der Waals surface area contributed by atoms with Crippen LogP contribution in [0.25, 0.3) is 11.1 Å². The van der Waals surface area contributed by atoms with E-state index in [4.69, 9.17) is 0 Å². The number of benzene rings is 4. The largest absolute Gasteiger partial charge is 0.298 e. The molecule has 0 aliphatic carbocycles. The molecule has 0 spiro atoms. The topological polar surface area (TPSA) is 34.1 Å². The number of hydrogen-bond acceptors (Lipinski definition) is 2. The minimum Gasteiger partial charge on any atom is -0.298 e. The number of carbonyl (C=O) groups is 2. The Morgan fingerprint density at radius 1 is 0.400 bits per heavy atom. The van der Waals surface area contributed by atoms with Crippen molar-refractivity contribution < 1.29 is 9.59 Å². The van der Waals surface area contributed by atoms with Crippen LogP contribution < -0.4 is 0 Å². The molecule has 30 heavy (non-hydrogen) atoms. The summed E-state index contributed by atoms with van der Waals surface area (Å²) in [4.78, 5) is 22.3. The van der Waals surface area contributed by atoms with Gasteiger partial charge < -0.3 is 0 Å². The predicted molar refractivity (Wildman–Crippen MR) is 122 cm³/mol. The van der Waals surface area contributed by atoms with Crippen LogP contribution in [0.4, 0.5) is 0 Å². The Bertz CT molecular complexity index is 1080. The molecule has 0 aromatic heterocycles. The van der Waals surface area contributed by atoms with Crippen LogP contribution in [0.3, 0.4) is 0 Å². The number of aldehydes is 2. The zero-order chi connectivity index (χ0) is 20.8. The molecule has 4 aromatic rings. The molecule has 0 aliphatic heterocycles. The highest BCUT2D eigenvalue weighted by Gasteiger charge is 2.16. The van der Waals surface area contributed by atoms with Gasteiger partial charge in [-0.3, -0.25) is 9.59 Å². The Morgan fingerprint density at radius 2 is 0.700 bits per heavy atom. The Kier molecular flexibility index (Phi) is 5.77. The van der Waals surface area contributed by atoms with Crippen LogP contribution in [0.2, 0.25) is 0 Å². The second kappa shape index (κ2) is 8.97. The summed E-state index contributed by atoms with van der Waals surface area (Å²) in [6, 6.07) is 35.7. The molecule has 2 nitrogen and oxygen atoms in total. The fourth-order valence-corrected chi connectivity index (χ4v) is 3.58. The summed E-state index contributed by atoms with van der Waals surface area (Å²) in [5.41, 5.74) is 7.60. The maximum absolute atomic E-state index is 11.2. The third-order valence-corrected chi connectivity index (χ3v) is 5.05. The lowest BCUT2D eigenvalue weighted by atomic mass is 9.85. The first-order chi connectivity index (χ1) is 14.8. The van der Waals surface area contributed by atoms with E-state index in [1.54, 1.807) is 0 Å². The predicted octanol–water partition coefficient (Wildman–Crippen LogP) is 6.32. The van der Waals surface area contributed by atoms with E-state index >= 15 is 0 Å². The van der Waals surface area contributed by atoms with Gasteiger partial charge in [0.2, 0.25) is 0 Å². The van der Waals surface area contributed by atoms with Crippen molar-refractivity contribution in [1.82, 2.24) is 0 Å². The van der Waals surface area contributed by atoms with Crippen LogP contribution in [0.15, 0.2) is 109 Å². The van der Waals surface area contributed by atoms with Crippen molar-refractivity contribution in [2.75, 3.05) is 0 Å². The van der Waals surface area contributed by atoms with Crippen molar-refractivity contribution >= 4 is 23.7 Å². The van der Waals surface area contributed by atoms with Crippen LogP contribution in [0, 0.1) is 0 Å². The lowest BCUT2D eigenvalue weighted by molar-refractivity contribution is 0.111. The average Bonchev–Trinajstić information content (AvgIpc) is 2.84. The zero-order valence-corrected chi connectivity index (χ0v) is 16.4. The summed E-state index contributed by atoms with van der Waals surface area (Å²) in [6.07, 6.45) is 1.70. The van der Waals surface area contributed by atoms with Crippen LogP contribution in [0.1, 0.15) is 43.0 Å². The van der Waals surface area contributed by atoms with E-state index in [1.807, 2.05) is 84.9 Å². The molecule has 0 aliphatic rings. The van der Waals surface area contributed by atoms with E-state index in [9.17, 15) is 9.59 Å². The van der Waals surface area contributed by atoms with Crippen molar-refractivity contribution in [3.05, 3.63) is 143 Å². The summed E-state index contributed by atoms with van der Waals surface area (Å²) < 4.78 is 0. The van der Waals surface area contributed by atoms with E-state index in [1.165, 1.54) is 0 Å². The molecular weight excluding hydrogens is 368 g/mol. The van der Waals surface area contributed by atoms with Gasteiger partial charge in [0.15, 0.2) is 0 Å². The zero-order valence-electron chi connectivity index (χ0n) is 16.4. The minimum atomic E-state index is 0.635. The monoisotopic (exact) mass is 388 g/mol. The van der Waals surface area contributed by atoms with Crippen molar-refractivity contribution in [2.45, 2.75) is 0 Å². The quantitative estimate of drug-likeness (QED) is 0.286. The van der Waals surface area contributed by atoms with E-state index in [-0.39, 0.29) is 0 Å². The Labute approximate surface area is 176 Å². The number of hydrogen-bond donors (Lipinski definition) is 0. The van der Waals surface area contributed by atoms with Gasteiger partial charge in [0.05, 0.1) is 0 Å². The van der Waals surface area contributed by atoms with Crippen molar-refractivity contribution in [1.29, 1.82) is 0 Å². The van der Waals surface area contributed by atoms with Gasteiger partial charge in [-0.05, 0) is 33.4 Å². The summed E-state index contributed by atoms with van der Waals surface area (Å²) in [5.74, 6) is 0. The first-order valence-corrected chi connectivity index (χ1v) is 9.76. The van der Waals surface area contributed by atoms with Gasteiger partial charge >= 0.3 is 0 Å². The molecule has 2 heteroatoms. The maximum atomic E-state index is 11.2. The Morgan fingerprint density at radius 3 is 1.00 bits per heavy atom. The highest BCUT2D eigenvalue weighted by molar-refractivity contribution is 6.04. The lowest BCUT2D eigenvalue weighted by Crippen LogP contribution is -1.98. The summed E-state index contributed by atoms with van der Waals surface area (Å²) in [7, 11) is 0. The Balaban J connectivity index is 2.06. The number of carbonyl (C=O) groups excluding carboxylic acids is 2. The summed E-state index contributed by atoms with van der Waals surface area (Å²) in [5, 5.41) is 0. The molecule has 144 valence electrons. The molecule has 4 aromatic carbocycles. The molecule has 0 fully saturated rings. The highest BCUT2D eigenvalue weighted by Crippen LogP contribution is 2.36. The smallest absolute Gasteiger partial charge is 0.150 e. The SMILES string of the molecule is O=Cc1ccc(C(=C(c2ccccc2)c2ccccc2)c2ccc(C=O)cc2)cc1. The van der Waals surface area contributed by atoms with Gasteiger partial charge in [-0.2, -0.15) is 0 Å². The molecular formula is C28H20O2. The molecule has 0 bridgehead atoms. The average molecular weight is 388 g/mol. The fourth-order valence-electron chi connectivity index (χ4n) is 3.58. The van der Waals surface area contributed by atoms with Crippen LogP contribution in [0.5, 0.6) is 0 Å². The van der Waals surface area contributed by atoms with Gasteiger partial charge in [0, 0.05) is 11.1 Å². The second-order valence-corrected chi connectivity index (χ2v) is 6.96. The standard InChI is InChI=1S/C28H20O2/c29-19-21-11-15-25(16-12-21)28(26-17-13-22(20-30)14-18-26)27(23-7-3-1-4-8-23)24-9-5-2-6-10-24/h1-20H. The summed E-state index contributed by atoms with van der Waals surface area (Å²) >= 11 is 0. The van der Waals surface area contributed by atoms with E-state index < -0.39 is 0 Å². The van der Waals surface area contributed by atoms with E-state index in [0.29, 0.717) is 11.1 Å². The van der Waals surface area contributed by atoms with Crippen molar-refractivity contribution in [3.63, 3.8) is 0 Å². The first kappa shape index (κ1) is 19.3. The van der Waals surface area contributed by atoms with Gasteiger partial charge in [-0.15, -0.1) is 0 Å². The Hall–Kier alpha value is -4.04. The third kappa shape index (κ3) is 4.03. The van der Waals surface area contributed by atoms with Crippen molar-refractivity contribution in [2.24, 2.45) is 0 Å². The van der Waals surface area contributed by atoms with Gasteiger partial charge in [-0.25, -0.2) is 0 Å². The molecule has 0 unspecified atom stereocenters. The molecule has 0 atom stereocenters. The minimum absolute atomic E-state index is 0.635. The van der Waals surface area contributed by atoms with Gasteiger partial charge in [0.1, 0.15) is 12.6 Å². The third-order valence-electron chi connectivity index (χ3n) is 5.05. The first-order valence-electron chi connectivity index (χ1n) is 9.76. The lowest BCUT2D eigenvalue weighted by Gasteiger charge is -2.18. The van der Waals surface area contributed by atoms with E-state index in [0.717, 1.165) is 46.0 Å².